The molecule has 1 saturated carbocycles. The van der Waals surface area contributed by atoms with E-state index < -0.39 is 0 Å². The Balaban J connectivity index is 0.00000161. The molecule has 3 unspecified atom stereocenters. The minimum atomic E-state index is 0. The average Bonchev–Trinajstić information content (AvgIpc) is 2.93. The van der Waals surface area contributed by atoms with E-state index in [1.807, 2.05) is 6.07 Å². The smallest absolute Gasteiger partial charge is 0.227 e. The summed E-state index contributed by atoms with van der Waals surface area (Å²) >= 11 is 0. The van der Waals surface area contributed by atoms with Crippen LogP contribution in [0.5, 0.6) is 0 Å². The summed E-state index contributed by atoms with van der Waals surface area (Å²) in [5.74, 6) is 0.722. The van der Waals surface area contributed by atoms with Gasteiger partial charge in [0, 0.05) is 6.04 Å². The van der Waals surface area contributed by atoms with E-state index >= 15 is 0 Å². The fourth-order valence-electron chi connectivity index (χ4n) is 3.82. The minimum Gasteiger partial charge on any atom is -0.353 e. The van der Waals surface area contributed by atoms with E-state index in [4.69, 9.17) is 5.73 Å². The van der Waals surface area contributed by atoms with E-state index in [0.717, 1.165) is 32.1 Å². The topological polar surface area (TPSA) is 55.1 Å². The van der Waals surface area contributed by atoms with Crippen molar-refractivity contribution in [3.63, 3.8) is 0 Å². The van der Waals surface area contributed by atoms with Gasteiger partial charge in [0.1, 0.15) is 0 Å². The highest BCUT2D eigenvalue weighted by atomic mass is 35.5. The van der Waals surface area contributed by atoms with E-state index in [0.29, 0.717) is 18.5 Å². The molecule has 0 radical (unpaired) electrons. The van der Waals surface area contributed by atoms with Gasteiger partial charge >= 0.3 is 0 Å². The molecule has 116 valence electrons. The molecule has 3 N–H and O–H groups in total. The minimum absolute atomic E-state index is 0. The molecule has 3 nitrogen and oxygen atoms in total. The van der Waals surface area contributed by atoms with Crippen LogP contribution in [0, 0.1) is 5.92 Å². The second-order valence-corrected chi connectivity index (χ2v) is 6.19. The molecule has 0 aliphatic heterocycles. The van der Waals surface area contributed by atoms with Crippen molar-refractivity contribution < 1.29 is 4.79 Å². The number of rotatable bonds is 3. The van der Waals surface area contributed by atoms with Crippen LogP contribution in [0.4, 0.5) is 0 Å². The molecular formula is C17H25ClN2O. The SMILES string of the molecule is Cl.NCC1CCCC1NC(=O)C1CCCc2ccccc21. The predicted octanol–water partition coefficient (Wildman–Crippen LogP) is 2.77. The number of carbonyl (C=O) groups is 1. The molecule has 21 heavy (non-hydrogen) atoms. The van der Waals surface area contributed by atoms with Gasteiger partial charge in [-0.1, -0.05) is 30.7 Å². The van der Waals surface area contributed by atoms with Gasteiger partial charge in [-0.25, -0.2) is 0 Å². The third-order valence-corrected chi connectivity index (χ3v) is 4.98. The maximum absolute atomic E-state index is 12.6. The summed E-state index contributed by atoms with van der Waals surface area (Å²) in [7, 11) is 0. The molecule has 1 amide bonds. The summed E-state index contributed by atoms with van der Waals surface area (Å²) in [5.41, 5.74) is 8.39. The van der Waals surface area contributed by atoms with Gasteiger partial charge in [0.2, 0.25) is 5.91 Å². The molecule has 1 aromatic carbocycles. The zero-order chi connectivity index (χ0) is 13.9. The number of aryl methyl sites for hydroxylation is 1. The Bertz CT molecular complexity index is 491. The number of hydrogen-bond acceptors (Lipinski definition) is 2. The molecule has 2 aliphatic rings. The monoisotopic (exact) mass is 308 g/mol. The number of nitrogens with one attached hydrogen (secondary N) is 1. The second-order valence-electron chi connectivity index (χ2n) is 6.19. The summed E-state index contributed by atoms with van der Waals surface area (Å²) in [4.78, 5) is 12.6. The van der Waals surface area contributed by atoms with Gasteiger partial charge in [0.25, 0.3) is 0 Å². The van der Waals surface area contributed by atoms with E-state index in [2.05, 4.69) is 23.5 Å². The number of hydrogen-bond donors (Lipinski definition) is 2. The van der Waals surface area contributed by atoms with Crippen molar-refractivity contribution in [2.75, 3.05) is 6.54 Å². The lowest BCUT2D eigenvalue weighted by atomic mass is 9.82. The Morgan fingerprint density at radius 2 is 2.00 bits per heavy atom. The third kappa shape index (κ3) is 3.41. The number of amides is 1. The van der Waals surface area contributed by atoms with E-state index in [9.17, 15) is 4.79 Å². The number of halogens is 1. The normalized spacial score (nSPS) is 27.6. The van der Waals surface area contributed by atoms with Crippen LogP contribution in [-0.2, 0) is 11.2 Å². The van der Waals surface area contributed by atoms with Crippen molar-refractivity contribution in [1.29, 1.82) is 0 Å². The lowest BCUT2D eigenvalue weighted by Gasteiger charge is -2.27. The molecule has 0 bridgehead atoms. The Morgan fingerprint density at radius 1 is 1.19 bits per heavy atom. The first-order chi connectivity index (χ1) is 9.79. The third-order valence-electron chi connectivity index (χ3n) is 4.98. The molecule has 3 rings (SSSR count). The highest BCUT2D eigenvalue weighted by Gasteiger charge is 2.31. The molecule has 0 spiro atoms. The summed E-state index contributed by atoms with van der Waals surface area (Å²) in [5, 5.41) is 3.27. The number of nitrogens with two attached hydrogens (primary N) is 1. The molecule has 0 aromatic heterocycles. The second kappa shape index (κ2) is 7.28. The summed E-state index contributed by atoms with van der Waals surface area (Å²) in [6, 6.07) is 8.69. The summed E-state index contributed by atoms with van der Waals surface area (Å²) in [6.07, 6.45) is 6.62. The van der Waals surface area contributed by atoms with Crippen molar-refractivity contribution in [1.82, 2.24) is 5.32 Å². The van der Waals surface area contributed by atoms with E-state index in [1.54, 1.807) is 0 Å². The molecule has 0 saturated heterocycles. The fourth-order valence-corrected chi connectivity index (χ4v) is 3.82. The zero-order valence-electron chi connectivity index (χ0n) is 12.4. The van der Waals surface area contributed by atoms with Crippen LogP contribution in [0.2, 0.25) is 0 Å². The molecular weight excluding hydrogens is 284 g/mol. The Morgan fingerprint density at radius 3 is 2.81 bits per heavy atom. The molecule has 2 aliphatic carbocycles. The number of carbonyl (C=O) groups excluding carboxylic acids is 1. The Hall–Kier alpha value is -1.06. The van der Waals surface area contributed by atoms with E-state index in [-0.39, 0.29) is 24.2 Å². The van der Waals surface area contributed by atoms with Crippen LogP contribution in [0.1, 0.15) is 49.1 Å². The predicted molar refractivity (Wildman–Crippen MR) is 87.7 cm³/mol. The van der Waals surface area contributed by atoms with Gasteiger partial charge < -0.3 is 11.1 Å². The maximum Gasteiger partial charge on any atom is 0.227 e. The van der Waals surface area contributed by atoms with Crippen LogP contribution in [-0.4, -0.2) is 18.5 Å². The van der Waals surface area contributed by atoms with Crippen LogP contribution >= 0.6 is 12.4 Å². The van der Waals surface area contributed by atoms with Gasteiger partial charge in [-0.15, -0.1) is 12.4 Å². The molecule has 4 heteroatoms. The lowest BCUT2D eigenvalue weighted by Crippen LogP contribution is -2.42. The number of fused-ring (bicyclic) bond motifs is 1. The van der Waals surface area contributed by atoms with Gasteiger partial charge in [-0.3, -0.25) is 4.79 Å². The Labute approximate surface area is 133 Å². The quantitative estimate of drug-likeness (QED) is 0.902. The zero-order valence-corrected chi connectivity index (χ0v) is 13.2. The standard InChI is InChI=1S/C17H24N2O.ClH/c18-11-13-7-4-10-16(13)19-17(20)15-9-3-6-12-5-1-2-8-14(12)15;/h1-2,5,8,13,15-16H,3-4,6-7,9-11,18H2,(H,19,20);1H. The van der Waals surface area contributed by atoms with Gasteiger partial charge in [0.15, 0.2) is 0 Å². The van der Waals surface area contributed by atoms with Crippen molar-refractivity contribution in [2.24, 2.45) is 11.7 Å². The Kier molecular flexibility index (Phi) is 5.65. The first-order valence-corrected chi connectivity index (χ1v) is 7.88. The van der Waals surface area contributed by atoms with Crippen LogP contribution < -0.4 is 11.1 Å². The van der Waals surface area contributed by atoms with Crippen molar-refractivity contribution in [3.8, 4) is 0 Å². The summed E-state index contributed by atoms with van der Waals surface area (Å²) < 4.78 is 0. The summed E-state index contributed by atoms with van der Waals surface area (Å²) in [6.45, 7) is 0.687. The molecule has 1 aromatic rings. The van der Waals surface area contributed by atoms with E-state index in [1.165, 1.54) is 17.5 Å². The highest BCUT2D eigenvalue weighted by molar-refractivity contribution is 5.85. The molecule has 3 atom stereocenters. The van der Waals surface area contributed by atoms with Crippen molar-refractivity contribution in [3.05, 3.63) is 35.4 Å². The van der Waals surface area contributed by atoms with Gasteiger partial charge in [0.05, 0.1) is 5.92 Å². The largest absolute Gasteiger partial charge is 0.353 e. The fraction of sp³-hybridized carbons (Fsp3) is 0.588. The lowest BCUT2D eigenvalue weighted by molar-refractivity contribution is -0.123. The van der Waals surface area contributed by atoms with Crippen LogP contribution in [0.25, 0.3) is 0 Å². The van der Waals surface area contributed by atoms with Gasteiger partial charge in [-0.2, -0.15) is 0 Å². The molecule has 1 fully saturated rings. The molecule has 0 heterocycles. The number of benzene rings is 1. The first kappa shape index (κ1) is 16.3. The highest BCUT2D eigenvalue weighted by Crippen LogP contribution is 2.32. The van der Waals surface area contributed by atoms with Crippen LogP contribution in [0.15, 0.2) is 24.3 Å². The first-order valence-electron chi connectivity index (χ1n) is 7.88. The maximum atomic E-state index is 12.6. The van der Waals surface area contributed by atoms with Crippen molar-refractivity contribution >= 4 is 18.3 Å². The average molecular weight is 309 g/mol. The van der Waals surface area contributed by atoms with Crippen molar-refractivity contribution in [2.45, 2.75) is 50.5 Å². The van der Waals surface area contributed by atoms with Crippen LogP contribution in [0.3, 0.4) is 0 Å². The van der Waals surface area contributed by atoms with Gasteiger partial charge in [-0.05, 0) is 55.7 Å².